The summed E-state index contributed by atoms with van der Waals surface area (Å²) in [5.74, 6) is 0.604. The van der Waals surface area contributed by atoms with Crippen molar-refractivity contribution in [1.29, 1.82) is 0 Å². The van der Waals surface area contributed by atoms with Gasteiger partial charge in [-0.05, 0) is 17.8 Å². The quantitative estimate of drug-likeness (QED) is 0.526. The lowest BCUT2D eigenvalue weighted by molar-refractivity contribution is -0.108. The van der Waals surface area contributed by atoms with Gasteiger partial charge in [0.2, 0.25) is 0 Å². The van der Waals surface area contributed by atoms with E-state index >= 15 is 0 Å². The first-order chi connectivity index (χ1) is 5.02. The minimum absolute atomic E-state index is 0.312. The molecule has 0 aromatic rings. The van der Waals surface area contributed by atoms with E-state index in [0.717, 1.165) is 18.0 Å². The minimum Gasteiger partial charge on any atom is -0.303 e. The zero-order chi connectivity index (χ0) is 8.91. The van der Waals surface area contributed by atoms with Crippen molar-refractivity contribution >= 4 is 22.2 Å². The van der Waals surface area contributed by atoms with E-state index in [0.29, 0.717) is 17.8 Å². The van der Waals surface area contributed by atoms with Crippen LogP contribution >= 0.6 is 15.9 Å². The first kappa shape index (κ1) is 11.2. The molecule has 1 nitrogen and oxygen atoms in total. The van der Waals surface area contributed by atoms with Crippen molar-refractivity contribution in [3.05, 3.63) is 0 Å². The van der Waals surface area contributed by atoms with Gasteiger partial charge in [-0.25, -0.2) is 0 Å². The molecular weight excluding hydrogens is 204 g/mol. The number of halogens is 1. The highest BCUT2D eigenvalue weighted by atomic mass is 79.9. The Balaban J connectivity index is 3.85. The molecule has 0 aliphatic heterocycles. The van der Waals surface area contributed by atoms with Crippen LogP contribution in [0.3, 0.4) is 0 Å². The molecule has 0 heterocycles. The van der Waals surface area contributed by atoms with Crippen LogP contribution in [0.2, 0.25) is 0 Å². The third kappa shape index (κ3) is 4.57. The van der Waals surface area contributed by atoms with Gasteiger partial charge in [0.15, 0.2) is 0 Å². The first-order valence-electron chi connectivity index (χ1n) is 4.02. The summed E-state index contributed by atoms with van der Waals surface area (Å²) in [5.41, 5.74) is 0.312. The Kier molecular flexibility index (Phi) is 4.98. The number of hydrogen-bond donors (Lipinski definition) is 0. The highest BCUT2D eigenvalue weighted by molar-refractivity contribution is 9.09. The molecule has 0 saturated carbocycles. The topological polar surface area (TPSA) is 17.1 Å². The van der Waals surface area contributed by atoms with Crippen molar-refractivity contribution in [3.8, 4) is 0 Å². The summed E-state index contributed by atoms with van der Waals surface area (Å²) >= 11 is 3.47. The van der Waals surface area contributed by atoms with Crippen molar-refractivity contribution in [2.75, 3.05) is 5.33 Å². The van der Waals surface area contributed by atoms with Crippen LogP contribution in [0.4, 0.5) is 0 Å². The molecule has 0 aromatic carbocycles. The summed E-state index contributed by atoms with van der Waals surface area (Å²) in [6.45, 7) is 6.64. The second kappa shape index (κ2) is 4.91. The number of carbonyl (C=O) groups excluding carboxylic acids is 1. The highest BCUT2D eigenvalue weighted by Gasteiger charge is 2.22. The average Bonchev–Trinajstić information content (AvgIpc) is 1.87. The molecule has 0 amide bonds. The standard InChI is InChI=1S/C9H17BrO/c1-9(2,3)8(7-10)5-4-6-11/h6,8H,4-5,7H2,1-3H3. The van der Waals surface area contributed by atoms with Gasteiger partial charge >= 0.3 is 0 Å². The molecule has 0 rings (SSSR count). The summed E-state index contributed by atoms with van der Waals surface area (Å²) in [6.07, 6.45) is 2.69. The fourth-order valence-corrected chi connectivity index (χ4v) is 2.31. The van der Waals surface area contributed by atoms with Crippen molar-refractivity contribution in [2.45, 2.75) is 33.6 Å². The van der Waals surface area contributed by atoms with Crippen LogP contribution in [-0.4, -0.2) is 11.6 Å². The molecule has 1 unspecified atom stereocenters. The molecular formula is C9H17BrO. The second-order valence-corrected chi connectivity index (χ2v) is 4.61. The van der Waals surface area contributed by atoms with Gasteiger partial charge in [-0.1, -0.05) is 36.7 Å². The normalized spacial score (nSPS) is 14.5. The van der Waals surface area contributed by atoms with Gasteiger partial charge in [0, 0.05) is 11.8 Å². The molecule has 0 saturated heterocycles. The Morgan fingerprint density at radius 3 is 2.27 bits per heavy atom. The Bertz CT molecular complexity index is 115. The second-order valence-electron chi connectivity index (χ2n) is 3.96. The number of carbonyl (C=O) groups is 1. The van der Waals surface area contributed by atoms with Crippen LogP contribution in [0.15, 0.2) is 0 Å². The Labute approximate surface area is 77.7 Å². The van der Waals surface area contributed by atoms with Crippen LogP contribution < -0.4 is 0 Å². The van der Waals surface area contributed by atoms with Gasteiger partial charge in [-0.2, -0.15) is 0 Å². The molecule has 0 aromatic heterocycles. The predicted molar refractivity (Wildman–Crippen MR) is 52.0 cm³/mol. The van der Waals surface area contributed by atoms with E-state index in [1.807, 2.05) is 0 Å². The summed E-state index contributed by atoms with van der Waals surface area (Å²) < 4.78 is 0. The summed E-state index contributed by atoms with van der Waals surface area (Å²) in [5, 5.41) is 0.990. The molecule has 0 N–H and O–H groups in total. The van der Waals surface area contributed by atoms with Crippen molar-refractivity contribution in [3.63, 3.8) is 0 Å². The van der Waals surface area contributed by atoms with E-state index < -0.39 is 0 Å². The van der Waals surface area contributed by atoms with Crippen LogP contribution in [-0.2, 0) is 4.79 Å². The van der Waals surface area contributed by atoms with Crippen LogP contribution in [0, 0.1) is 11.3 Å². The molecule has 0 radical (unpaired) electrons. The zero-order valence-corrected chi connectivity index (χ0v) is 9.15. The number of hydrogen-bond acceptors (Lipinski definition) is 1. The molecule has 66 valence electrons. The van der Waals surface area contributed by atoms with E-state index in [-0.39, 0.29) is 0 Å². The fraction of sp³-hybridized carbons (Fsp3) is 0.889. The fourth-order valence-electron chi connectivity index (χ4n) is 1.01. The van der Waals surface area contributed by atoms with Crippen LogP contribution in [0.1, 0.15) is 33.6 Å². The van der Waals surface area contributed by atoms with Gasteiger partial charge in [0.1, 0.15) is 6.29 Å². The molecule has 0 spiro atoms. The monoisotopic (exact) mass is 220 g/mol. The molecule has 0 aliphatic rings. The van der Waals surface area contributed by atoms with Crippen molar-refractivity contribution in [2.24, 2.45) is 11.3 Å². The van der Waals surface area contributed by atoms with Gasteiger partial charge in [0.25, 0.3) is 0 Å². The van der Waals surface area contributed by atoms with Crippen LogP contribution in [0.5, 0.6) is 0 Å². The zero-order valence-electron chi connectivity index (χ0n) is 7.56. The number of aldehydes is 1. The summed E-state index contributed by atoms with van der Waals surface area (Å²) in [6, 6.07) is 0. The molecule has 11 heavy (non-hydrogen) atoms. The van der Waals surface area contributed by atoms with E-state index in [1.54, 1.807) is 0 Å². The van der Waals surface area contributed by atoms with Gasteiger partial charge in [0.05, 0.1) is 0 Å². The molecule has 0 fully saturated rings. The Hall–Kier alpha value is 0.150. The average molecular weight is 221 g/mol. The third-order valence-electron chi connectivity index (χ3n) is 2.04. The maximum absolute atomic E-state index is 10.1. The minimum atomic E-state index is 0.312. The van der Waals surface area contributed by atoms with E-state index in [4.69, 9.17) is 0 Å². The molecule has 1 atom stereocenters. The van der Waals surface area contributed by atoms with Gasteiger partial charge < -0.3 is 4.79 Å². The van der Waals surface area contributed by atoms with Crippen molar-refractivity contribution in [1.82, 2.24) is 0 Å². The lowest BCUT2D eigenvalue weighted by Crippen LogP contribution is -2.21. The SMILES string of the molecule is CC(C)(C)C(CBr)CCC=O. The lowest BCUT2D eigenvalue weighted by atomic mass is 9.79. The predicted octanol–water partition coefficient (Wildman–Crippen LogP) is 3.02. The molecule has 0 bridgehead atoms. The smallest absolute Gasteiger partial charge is 0.120 e. The lowest BCUT2D eigenvalue weighted by Gasteiger charge is -2.28. The Morgan fingerprint density at radius 2 is 2.00 bits per heavy atom. The Morgan fingerprint density at radius 1 is 1.45 bits per heavy atom. The molecule has 2 heteroatoms. The van der Waals surface area contributed by atoms with Gasteiger partial charge in [-0.3, -0.25) is 0 Å². The van der Waals surface area contributed by atoms with E-state index in [9.17, 15) is 4.79 Å². The molecule has 0 aliphatic carbocycles. The summed E-state index contributed by atoms with van der Waals surface area (Å²) in [7, 11) is 0. The highest BCUT2D eigenvalue weighted by Crippen LogP contribution is 2.30. The van der Waals surface area contributed by atoms with E-state index in [2.05, 4.69) is 36.7 Å². The third-order valence-corrected chi connectivity index (χ3v) is 2.83. The number of alkyl halides is 1. The number of rotatable bonds is 4. The van der Waals surface area contributed by atoms with Gasteiger partial charge in [-0.15, -0.1) is 0 Å². The maximum Gasteiger partial charge on any atom is 0.120 e. The van der Waals surface area contributed by atoms with Crippen LogP contribution in [0.25, 0.3) is 0 Å². The maximum atomic E-state index is 10.1. The largest absolute Gasteiger partial charge is 0.303 e. The first-order valence-corrected chi connectivity index (χ1v) is 5.14. The van der Waals surface area contributed by atoms with E-state index in [1.165, 1.54) is 0 Å². The summed E-state index contributed by atoms with van der Waals surface area (Å²) in [4.78, 5) is 10.1. The van der Waals surface area contributed by atoms with Crippen molar-refractivity contribution < 1.29 is 4.79 Å².